The summed E-state index contributed by atoms with van der Waals surface area (Å²) in [5.41, 5.74) is 0.746. The van der Waals surface area contributed by atoms with Crippen LogP contribution in [0.15, 0.2) is 24.3 Å². The van der Waals surface area contributed by atoms with Crippen LogP contribution in [0, 0.1) is 0 Å². The molecular weight excluding hydrogens is 276 g/mol. The predicted molar refractivity (Wildman–Crippen MR) is 70.2 cm³/mol. The molecule has 3 rings (SSSR count). The fourth-order valence-corrected chi connectivity index (χ4v) is 2.58. The lowest BCUT2D eigenvalue weighted by molar-refractivity contribution is -0.136. The molecule has 3 amide bonds. The molecule has 0 aromatic heterocycles. The van der Waals surface area contributed by atoms with E-state index in [9.17, 15) is 19.5 Å². The van der Waals surface area contributed by atoms with E-state index in [2.05, 4.69) is 5.32 Å². The summed E-state index contributed by atoms with van der Waals surface area (Å²) < 4.78 is 5.27. The fourth-order valence-electron chi connectivity index (χ4n) is 2.58. The van der Waals surface area contributed by atoms with Gasteiger partial charge >= 0.3 is 6.09 Å². The Labute approximate surface area is 120 Å². The van der Waals surface area contributed by atoms with Gasteiger partial charge < -0.3 is 9.84 Å². The third kappa shape index (κ3) is 2.54. The Morgan fingerprint density at radius 3 is 2.57 bits per heavy atom. The van der Waals surface area contributed by atoms with Gasteiger partial charge in [0, 0.05) is 6.42 Å². The number of ether oxygens (including phenoxy) is 1. The molecule has 2 aliphatic rings. The van der Waals surface area contributed by atoms with E-state index >= 15 is 0 Å². The van der Waals surface area contributed by atoms with Crippen molar-refractivity contribution in [3.63, 3.8) is 0 Å². The number of hydrogen-bond donors (Lipinski definition) is 2. The number of piperidine rings is 1. The van der Waals surface area contributed by atoms with Crippen LogP contribution >= 0.6 is 0 Å². The normalized spacial score (nSPS) is 25.7. The van der Waals surface area contributed by atoms with Crippen molar-refractivity contribution in [3.05, 3.63) is 29.8 Å². The molecule has 0 spiro atoms. The standard InChI is InChI=1S/C14H14N2O5/c17-9-3-1-8(2-4-9)11-7-16(14(20)21-11)10-5-6-12(18)15-13(10)19/h1-4,10-11,17H,5-7H2,(H,15,18,19)/t10?,11-/m1/s1. The molecule has 0 radical (unpaired) electrons. The van der Waals surface area contributed by atoms with E-state index in [0.717, 1.165) is 5.56 Å². The molecule has 110 valence electrons. The number of nitrogens with zero attached hydrogens (tertiary/aromatic N) is 1. The summed E-state index contributed by atoms with van der Waals surface area (Å²) >= 11 is 0. The minimum atomic E-state index is -0.669. The monoisotopic (exact) mass is 290 g/mol. The summed E-state index contributed by atoms with van der Waals surface area (Å²) in [5.74, 6) is -0.654. The van der Waals surface area contributed by atoms with E-state index in [-0.39, 0.29) is 24.6 Å². The van der Waals surface area contributed by atoms with E-state index in [1.165, 1.54) is 17.0 Å². The summed E-state index contributed by atoms with van der Waals surface area (Å²) in [5, 5.41) is 11.5. The first kappa shape index (κ1) is 13.4. The average Bonchev–Trinajstić information content (AvgIpc) is 2.81. The number of imide groups is 1. The highest BCUT2D eigenvalue weighted by Gasteiger charge is 2.41. The number of phenols is 1. The molecule has 7 nitrogen and oxygen atoms in total. The van der Waals surface area contributed by atoms with Gasteiger partial charge in [-0.25, -0.2) is 4.79 Å². The highest BCUT2D eigenvalue weighted by atomic mass is 16.6. The number of carbonyl (C=O) groups is 3. The van der Waals surface area contributed by atoms with Gasteiger partial charge in [-0.3, -0.25) is 19.8 Å². The first-order valence-corrected chi connectivity index (χ1v) is 6.64. The van der Waals surface area contributed by atoms with Crippen LogP contribution < -0.4 is 5.32 Å². The quantitative estimate of drug-likeness (QED) is 0.781. The van der Waals surface area contributed by atoms with E-state index in [4.69, 9.17) is 4.74 Å². The first-order chi connectivity index (χ1) is 10.0. The van der Waals surface area contributed by atoms with Crippen molar-refractivity contribution in [1.29, 1.82) is 0 Å². The SMILES string of the molecule is O=C1CCC(N2C[C@H](c3ccc(O)cc3)OC2=O)C(=O)N1. The van der Waals surface area contributed by atoms with Gasteiger partial charge in [0.2, 0.25) is 11.8 Å². The van der Waals surface area contributed by atoms with E-state index < -0.39 is 24.1 Å². The van der Waals surface area contributed by atoms with Crippen LogP contribution in [0.1, 0.15) is 24.5 Å². The Kier molecular flexibility index (Phi) is 3.25. The van der Waals surface area contributed by atoms with Gasteiger partial charge in [0.05, 0.1) is 6.54 Å². The second-order valence-corrected chi connectivity index (χ2v) is 5.08. The maximum absolute atomic E-state index is 11.9. The van der Waals surface area contributed by atoms with Crippen LogP contribution in [-0.2, 0) is 14.3 Å². The fraction of sp³-hybridized carbons (Fsp3) is 0.357. The molecule has 1 aromatic carbocycles. The maximum atomic E-state index is 11.9. The van der Waals surface area contributed by atoms with Gasteiger partial charge in [0.1, 0.15) is 17.9 Å². The zero-order valence-corrected chi connectivity index (χ0v) is 11.1. The summed E-state index contributed by atoms with van der Waals surface area (Å²) in [4.78, 5) is 36.2. The van der Waals surface area contributed by atoms with Crippen molar-refractivity contribution in [2.75, 3.05) is 6.54 Å². The van der Waals surface area contributed by atoms with Gasteiger partial charge in [0.25, 0.3) is 0 Å². The van der Waals surface area contributed by atoms with Gasteiger partial charge in [-0.05, 0) is 24.1 Å². The molecule has 0 saturated carbocycles. The van der Waals surface area contributed by atoms with Crippen molar-refractivity contribution in [2.24, 2.45) is 0 Å². The largest absolute Gasteiger partial charge is 0.508 e. The molecule has 2 heterocycles. The second kappa shape index (κ2) is 5.08. The summed E-state index contributed by atoms with van der Waals surface area (Å²) in [6.07, 6.45) is -0.530. The Bertz CT molecular complexity index is 598. The zero-order chi connectivity index (χ0) is 15.0. The van der Waals surface area contributed by atoms with Crippen LogP contribution in [0.4, 0.5) is 4.79 Å². The average molecular weight is 290 g/mol. The molecule has 1 aromatic rings. The lowest BCUT2D eigenvalue weighted by atomic mass is 10.0. The molecule has 0 aliphatic carbocycles. The molecule has 2 aliphatic heterocycles. The molecule has 2 saturated heterocycles. The van der Waals surface area contributed by atoms with Crippen LogP contribution in [-0.4, -0.2) is 40.5 Å². The molecule has 21 heavy (non-hydrogen) atoms. The number of benzene rings is 1. The molecule has 2 atom stereocenters. The topological polar surface area (TPSA) is 95.9 Å². The van der Waals surface area contributed by atoms with Crippen molar-refractivity contribution in [1.82, 2.24) is 10.2 Å². The maximum Gasteiger partial charge on any atom is 0.411 e. The Hall–Kier alpha value is -2.57. The predicted octanol–water partition coefficient (Wildman–Crippen LogP) is 0.691. The Morgan fingerprint density at radius 2 is 1.90 bits per heavy atom. The number of rotatable bonds is 2. The molecule has 0 bridgehead atoms. The Morgan fingerprint density at radius 1 is 1.19 bits per heavy atom. The van der Waals surface area contributed by atoms with E-state index in [0.29, 0.717) is 6.42 Å². The number of nitrogens with one attached hydrogen (secondary N) is 1. The molecular formula is C14H14N2O5. The van der Waals surface area contributed by atoms with Crippen LogP contribution in [0.2, 0.25) is 0 Å². The number of hydrogen-bond acceptors (Lipinski definition) is 5. The van der Waals surface area contributed by atoms with Gasteiger partial charge in [0.15, 0.2) is 0 Å². The van der Waals surface area contributed by atoms with E-state index in [1.54, 1.807) is 12.1 Å². The number of cyclic esters (lactones) is 1. The van der Waals surface area contributed by atoms with Crippen LogP contribution in [0.25, 0.3) is 0 Å². The lowest BCUT2D eigenvalue weighted by Gasteiger charge is -2.27. The van der Waals surface area contributed by atoms with Crippen molar-refractivity contribution >= 4 is 17.9 Å². The number of phenolic OH excluding ortho intramolecular Hbond substituents is 1. The number of aromatic hydroxyl groups is 1. The van der Waals surface area contributed by atoms with Crippen LogP contribution in [0.5, 0.6) is 5.75 Å². The van der Waals surface area contributed by atoms with Crippen molar-refractivity contribution in [3.8, 4) is 5.75 Å². The minimum Gasteiger partial charge on any atom is -0.508 e. The highest BCUT2D eigenvalue weighted by Crippen LogP contribution is 2.30. The van der Waals surface area contributed by atoms with Crippen molar-refractivity contribution in [2.45, 2.75) is 25.0 Å². The molecule has 2 fully saturated rings. The third-order valence-corrected chi connectivity index (χ3v) is 3.69. The Balaban J connectivity index is 1.74. The molecule has 1 unspecified atom stereocenters. The lowest BCUT2D eigenvalue weighted by Crippen LogP contribution is -2.52. The highest BCUT2D eigenvalue weighted by molar-refractivity contribution is 6.01. The number of carbonyl (C=O) groups excluding carboxylic acids is 3. The molecule has 2 N–H and O–H groups in total. The first-order valence-electron chi connectivity index (χ1n) is 6.64. The third-order valence-electron chi connectivity index (χ3n) is 3.69. The summed E-state index contributed by atoms with van der Waals surface area (Å²) in [6, 6.07) is 5.69. The van der Waals surface area contributed by atoms with Crippen molar-refractivity contribution < 1.29 is 24.2 Å². The van der Waals surface area contributed by atoms with Gasteiger partial charge in [-0.1, -0.05) is 12.1 Å². The van der Waals surface area contributed by atoms with Crippen LogP contribution in [0.3, 0.4) is 0 Å². The number of amides is 3. The van der Waals surface area contributed by atoms with Gasteiger partial charge in [-0.2, -0.15) is 0 Å². The van der Waals surface area contributed by atoms with Gasteiger partial charge in [-0.15, -0.1) is 0 Å². The second-order valence-electron chi connectivity index (χ2n) is 5.08. The minimum absolute atomic E-state index is 0.130. The zero-order valence-electron chi connectivity index (χ0n) is 11.1. The summed E-state index contributed by atoms with van der Waals surface area (Å²) in [6.45, 7) is 0.246. The molecule has 7 heteroatoms. The summed E-state index contributed by atoms with van der Waals surface area (Å²) in [7, 11) is 0. The van der Waals surface area contributed by atoms with E-state index in [1.807, 2.05) is 0 Å². The smallest absolute Gasteiger partial charge is 0.411 e.